The topological polar surface area (TPSA) is 55.8 Å². The third-order valence-electron chi connectivity index (χ3n) is 7.45. The van der Waals surface area contributed by atoms with Gasteiger partial charge in [0.05, 0.1) is 6.54 Å². The van der Waals surface area contributed by atoms with Crippen molar-refractivity contribution in [3.63, 3.8) is 0 Å². The van der Waals surface area contributed by atoms with Crippen LogP contribution in [0, 0.1) is 11.8 Å². The number of piperidine rings is 1. The number of carbonyl (C=O) groups is 1. The van der Waals surface area contributed by atoms with Crippen LogP contribution in [0.5, 0.6) is 0 Å². The van der Waals surface area contributed by atoms with E-state index < -0.39 is 5.60 Å². The summed E-state index contributed by atoms with van der Waals surface area (Å²) in [6.07, 6.45) is 8.49. The third kappa shape index (κ3) is 4.63. The molecule has 3 fully saturated rings. The van der Waals surface area contributed by atoms with Crippen molar-refractivity contribution in [3.05, 3.63) is 48.6 Å². The molecule has 4 rings (SSSR count). The molecule has 0 bridgehead atoms. The molecule has 2 aliphatic heterocycles. The Morgan fingerprint density at radius 3 is 2.53 bits per heavy atom. The first kappa shape index (κ1) is 21.5. The summed E-state index contributed by atoms with van der Waals surface area (Å²) in [7, 11) is 0. The van der Waals surface area contributed by atoms with Gasteiger partial charge in [-0.05, 0) is 44.3 Å². The van der Waals surface area contributed by atoms with Gasteiger partial charge in [0.25, 0.3) is 0 Å². The van der Waals surface area contributed by atoms with E-state index in [1.54, 1.807) is 0 Å². The number of nitrogens with zero attached hydrogens (tertiary/aromatic N) is 2. The molecule has 0 aromatic heterocycles. The molecule has 2 N–H and O–H groups in total. The van der Waals surface area contributed by atoms with Gasteiger partial charge in [-0.15, -0.1) is 6.58 Å². The van der Waals surface area contributed by atoms with E-state index in [1.807, 2.05) is 41.3 Å². The van der Waals surface area contributed by atoms with E-state index in [2.05, 4.69) is 16.8 Å². The van der Waals surface area contributed by atoms with E-state index in [0.29, 0.717) is 19.1 Å². The van der Waals surface area contributed by atoms with Gasteiger partial charge in [-0.3, -0.25) is 4.79 Å². The third-order valence-corrected chi connectivity index (χ3v) is 7.45. The van der Waals surface area contributed by atoms with Crippen molar-refractivity contribution >= 4 is 5.91 Å². The number of amides is 1. The first-order valence-corrected chi connectivity index (χ1v) is 11.7. The molecule has 5 heteroatoms. The standard InChI is InChI=1S/C25H37N3O2/c1-2-14-26-23-12-15-27(16-13-23)17-22-18-28(24(29)20-8-6-7-9-20)19-25(22,30)21-10-4-3-5-11-21/h2-5,10-11,20,22-23,26,30H,1,6-9,12-19H2/t22-,25-/m0/s1. The predicted octanol–water partition coefficient (Wildman–Crippen LogP) is 2.76. The lowest BCUT2D eigenvalue weighted by Gasteiger charge is -2.37. The smallest absolute Gasteiger partial charge is 0.225 e. The minimum absolute atomic E-state index is 0.0444. The molecule has 1 aliphatic carbocycles. The van der Waals surface area contributed by atoms with E-state index in [9.17, 15) is 9.90 Å². The number of hydrogen-bond donors (Lipinski definition) is 2. The number of rotatable bonds is 7. The minimum Gasteiger partial charge on any atom is -0.383 e. The summed E-state index contributed by atoms with van der Waals surface area (Å²) in [4.78, 5) is 17.6. The molecule has 2 heterocycles. The molecule has 1 saturated carbocycles. The lowest BCUT2D eigenvalue weighted by Crippen LogP contribution is -2.47. The van der Waals surface area contributed by atoms with E-state index >= 15 is 0 Å². The van der Waals surface area contributed by atoms with E-state index in [4.69, 9.17) is 0 Å². The summed E-state index contributed by atoms with van der Waals surface area (Å²) in [6, 6.07) is 10.5. The Balaban J connectivity index is 1.45. The van der Waals surface area contributed by atoms with Crippen LogP contribution in [0.3, 0.4) is 0 Å². The predicted molar refractivity (Wildman–Crippen MR) is 120 cm³/mol. The summed E-state index contributed by atoms with van der Waals surface area (Å²) < 4.78 is 0. The molecule has 30 heavy (non-hydrogen) atoms. The lowest BCUT2D eigenvalue weighted by molar-refractivity contribution is -0.135. The van der Waals surface area contributed by atoms with E-state index in [0.717, 1.165) is 70.3 Å². The number of aliphatic hydroxyl groups is 1. The first-order valence-electron chi connectivity index (χ1n) is 11.7. The molecule has 3 aliphatic rings. The largest absolute Gasteiger partial charge is 0.383 e. The second-order valence-corrected chi connectivity index (χ2v) is 9.46. The summed E-state index contributed by atoms with van der Waals surface area (Å²) in [5.41, 5.74) is -0.0211. The van der Waals surface area contributed by atoms with Gasteiger partial charge in [-0.2, -0.15) is 0 Å². The highest BCUT2D eigenvalue weighted by Crippen LogP contribution is 2.39. The zero-order valence-corrected chi connectivity index (χ0v) is 18.1. The Kier molecular flexibility index (Phi) is 6.91. The number of likely N-dealkylation sites (tertiary alicyclic amines) is 2. The van der Waals surface area contributed by atoms with Crippen molar-refractivity contribution < 1.29 is 9.90 Å². The average Bonchev–Trinajstić information content (AvgIpc) is 3.43. The number of hydrogen-bond acceptors (Lipinski definition) is 4. The van der Waals surface area contributed by atoms with Gasteiger partial charge in [0, 0.05) is 37.5 Å². The zero-order valence-electron chi connectivity index (χ0n) is 18.1. The Morgan fingerprint density at radius 2 is 1.87 bits per heavy atom. The average molecular weight is 412 g/mol. The van der Waals surface area contributed by atoms with Crippen LogP contribution >= 0.6 is 0 Å². The van der Waals surface area contributed by atoms with Crippen LogP contribution in [-0.2, 0) is 10.4 Å². The van der Waals surface area contributed by atoms with Crippen molar-refractivity contribution in [1.82, 2.24) is 15.1 Å². The molecular formula is C25H37N3O2. The van der Waals surface area contributed by atoms with Gasteiger partial charge in [0.1, 0.15) is 5.60 Å². The maximum absolute atomic E-state index is 13.1. The molecule has 164 valence electrons. The van der Waals surface area contributed by atoms with Crippen LogP contribution in [0.15, 0.2) is 43.0 Å². The first-order chi connectivity index (χ1) is 14.6. The summed E-state index contributed by atoms with van der Waals surface area (Å²) in [5, 5.41) is 15.4. The maximum atomic E-state index is 13.1. The van der Waals surface area contributed by atoms with Crippen LogP contribution in [0.25, 0.3) is 0 Å². The van der Waals surface area contributed by atoms with Gasteiger partial charge < -0.3 is 20.2 Å². The second-order valence-electron chi connectivity index (χ2n) is 9.46. The van der Waals surface area contributed by atoms with Crippen molar-refractivity contribution in [2.45, 2.75) is 50.2 Å². The molecule has 0 spiro atoms. The normalized spacial score (nSPS) is 28.8. The van der Waals surface area contributed by atoms with Gasteiger partial charge in [0.15, 0.2) is 0 Å². The summed E-state index contributed by atoms with van der Waals surface area (Å²) in [5.74, 6) is 0.468. The van der Waals surface area contributed by atoms with Gasteiger partial charge in [-0.25, -0.2) is 0 Å². The maximum Gasteiger partial charge on any atom is 0.225 e. The highest BCUT2D eigenvalue weighted by atomic mass is 16.3. The Bertz CT molecular complexity index is 710. The number of β-amino-alcohol motifs (C(OH)–C–C–N with tert-alkyl or cyclic N) is 1. The second kappa shape index (κ2) is 9.63. The molecule has 5 nitrogen and oxygen atoms in total. The van der Waals surface area contributed by atoms with Crippen LogP contribution < -0.4 is 5.32 Å². The highest BCUT2D eigenvalue weighted by Gasteiger charge is 2.49. The lowest BCUT2D eigenvalue weighted by atomic mass is 9.83. The minimum atomic E-state index is -0.965. The van der Waals surface area contributed by atoms with E-state index in [1.165, 1.54) is 0 Å². The van der Waals surface area contributed by atoms with Crippen molar-refractivity contribution in [2.24, 2.45) is 11.8 Å². The summed E-state index contributed by atoms with van der Waals surface area (Å²) >= 11 is 0. The Labute approximate surface area is 181 Å². The molecular weight excluding hydrogens is 374 g/mol. The molecule has 0 radical (unpaired) electrons. The van der Waals surface area contributed by atoms with Crippen LogP contribution in [0.4, 0.5) is 0 Å². The van der Waals surface area contributed by atoms with Crippen molar-refractivity contribution in [1.29, 1.82) is 0 Å². The van der Waals surface area contributed by atoms with Crippen molar-refractivity contribution in [3.8, 4) is 0 Å². The van der Waals surface area contributed by atoms with Gasteiger partial charge in [0.2, 0.25) is 5.91 Å². The molecule has 1 aromatic carbocycles. The molecule has 2 saturated heterocycles. The highest BCUT2D eigenvalue weighted by molar-refractivity contribution is 5.79. The molecule has 1 amide bonds. The van der Waals surface area contributed by atoms with Crippen LogP contribution in [0.1, 0.15) is 44.1 Å². The van der Waals surface area contributed by atoms with Crippen molar-refractivity contribution in [2.75, 3.05) is 39.3 Å². The fourth-order valence-corrected chi connectivity index (χ4v) is 5.64. The Hall–Kier alpha value is -1.69. The number of nitrogens with one attached hydrogen (secondary N) is 1. The number of carbonyl (C=O) groups excluding carboxylic acids is 1. The molecule has 1 aromatic rings. The monoisotopic (exact) mass is 411 g/mol. The molecule has 2 atom stereocenters. The summed E-state index contributed by atoms with van der Waals surface area (Å²) in [6.45, 7) is 8.65. The van der Waals surface area contributed by atoms with Crippen LogP contribution in [0.2, 0.25) is 0 Å². The van der Waals surface area contributed by atoms with Gasteiger partial charge in [-0.1, -0.05) is 49.2 Å². The SMILES string of the molecule is C=CCNC1CCN(C[C@H]2CN(C(=O)C3CCCC3)C[C@]2(O)c2ccccc2)CC1. The molecule has 0 unspecified atom stereocenters. The van der Waals surface area contributed by atoms with Gasteiger partial charge >= 0.3 is 0 Å². The fourth-order valence-electron chi connectivity index (χ4n) is 5.64. The van der Waals surface area contributed by atoms with Crippen LogP contribution in [-0.4, -0.2) is 66.1 Å². The number of benzene rings is 1. The quantitative estimate of drug-likeness (QED) is 0.678. The Morgan fingerprint density at radius 1 is 1.17 bits per heavy atom. The zero-order chi connectivity index (χ0) is 21.0. The van der Waals surface area contributed by atoms with E-state index in [-0.39, 0.29) is 17.7 Å². The fraction of sp³-hybridized carbons (Fsp3) is 0.640.